The molecule has 2 aromatic heterocycles. The van der Waals surface area contributed by atoms with Gasteiger partial charge in [0.25, 0.3) is 0 Å². The molecule has 4 rings (SSSR count). The van der Waals surface area contributed by atoms with E-state index in [-0.39, 0.29) is 0 Å². The molecular weight excluding hydrogens is 290 g/mol. The van der Waals surface area contributed by atoms with E-state index in [1.165, 1.54) is 25.7 Å². The molecule has 1 saturated heterocycles. The van der Waals surface area contributed by atoms with Gasteiger partial charge in [0.2, 0.25) is 5.89 Å². The van der Waals surface area contributed by atoms with Crippen molar-refractivity contribution in [2.45, 2.75) is 38.0 Å². The lowest BCUT2D eigenvalue weighted by atomic mass is 9.93. The molecular formula is C18H23N3O2. The van der Waals surface area contributed by atoms with Crippen molar-refractivity contribution in [3.8, 4) is 0 Å². The van der Waals surface area contributed by atoms with Gasteiger partial charge in [-0.3, -0.25) is 4.90 Å². The fourth-order valence-corrected chi connectivity index (χ4v) is 3.18. The zero-order valence-electron chi connectivity index (χ0n) is 13.4. The molecule has 0 atom stereocenters. The molecule has 23 heavy (non-hydrogen) atoms. The molecule has 2 fully saturated rings. The van der Waals surface area contributed by atoms with Crippen LogP contribution in [-0.4, -0.2) is 34.7 Å². The fraction of sp³-hybridized carbons (Fsp3) is 0.556. The van der Waals surface area contributed by atoms with Gasteiger partial charge >= 0.3 is 0 Å². The molecule has 0 radical (unpaired) electrons. The van der Waals surface area contributed by atoms with Crippen LogP contribution in [0, 0.1) is 5.92 Å². The number of hydrogen-bond donors (Lipinski definition) is 0. The number of aromatic nitrogens is 2. The van der Waals surface area contributed by atoms with E-state index in [2.05, 4.69) is 21.1 Å². The van der Waals surface area contributed by atoms with E-state index in [9.17, 15) is 0 Å². The van der Waals surface area contributed by atoms with Crippen molar-refractivity contribution in [3.63, 3.8) is 0 Å². The Morgan fingerprint density at radius 3 is 2.83 bits per heavy atom. The lowest BCUT2D eigenvalue weighted by molar-refractivity contribution is 0.198. The second kappa shape index (κ2) is 6.71. The summed E-state index contributed by atoms with van der Waals surface area (Å²) in [7, 11) is 0. The molecule has 122 valence electrons. The van der Waals surface area contributed by atoms with Gasteiger partial charge in [0.15, 0.2) is 5.82 Å². The van der Waals surface area contributed by atoms with Crippen LogP contribution < -0.4 is 0 Å². The average Bonchev–Trinajstić information content (AvgIpc) is 3.09. The van der Waals surface area contributed by atoms with Crippen LogP contribution >= 0.6 is 0 Å². The van der Waals surface area contributed by atoms with E-state index in [1.54, 1.807) is 6.26 Å². The van der Waals surface area contributed by atoms with Crippen molar-refractivity contribution in [2.75, 3.05) is 19.6 Å². The molecule has 2 aliphatic rings. The summed E-state index contributed by atoms with van der Waals surface area (Å²) in [6.07, 6.45) is 11.7. The quantitative estimate of drug-likeness (QED) is 0.817. The number of hydrogen-bond acceptors (Lipinski definition) is 5. The fourth-order valence-electron chi connectivity index (χ4n) is 3.18. The molecule has 5 heteroatoms. The summed E-state index contributed by atoms with van der Waals surface area (Å²) >= 11 is 0. The minimum atomic E-state index is 0.555. The van der Waals surface area contributed by atoms with Gasteiger partial charge in [0, 0.05) is 18.9 Å². The van der Waals surface area contributed by atoms with Crippen molar-refractivity contribution in [1.29, 1.82) is 0 Å². The highest BCUT2D eigenvalue weighted by Gasteiger charge is 2.30. The third kappa shape index (κ3) is 3.91. The largest absolute Gasteiger partial charge is 0.465 e. The number of furan rings is 1. The Kier molecular flexibility index (Phi) is 4.28. The van der Waals surface area contributed by atoms with Gasteiger partial charge in [-0.1, -0.05) is 11.2 Å². The molecule has 0 unspecified atom stereocenters. The molecule has 1 aliphatic carbocycles. The molecule has 1 saturated carbocycles. The summed E-state index contributed by atoms with van der Waals surface area (Å²) in [6.45, 7) is 3.27. The van der Waals surface area contributed by atoms with Crippen LogP contribution in [-0.2, 0) is 6.42 Å². The summed E-state index contributed by atoms with van der Waals surface area (Å²) in [4.78, 5) is 7.04. The molecule has 3 heterocycles. The van der Waals surface area contributed by atoms with E-state index in [0.29, 0.717) is 11.8 Å². The van der Waals surface area contributed by atoms with Gasteiger partial charge in [-0.05, 0) is 62.9 Å². The number of likely N-dealkylation sites (tertiary alicyclic amines) is 1. The maximum absolute atomic E-state index is 5.35. The Bertz CT molecular complexity index is 635. The van der Waals surface area contributed by atoms with Gasteiger partial charge in [-0.25, -0.2) is 0 Å². The monoisotopic (exact) mass is 313 g/mol. The highest BCUT2D eigenvalue weighted by Crippen LogP contribution is 2.39. The molecule has 0 bridgehead atoms. The minimum Gasteiger partial charge on any atom is -0.465 e. The Balaban J connectivity index is 1.21. The summed E-state index contributed by atoms with van der Waals surface area (Å²) in [5.41, 5.74) is 0. The first-order valence-corrected chi connectivity index (χ1v) is 8.62. The number of rotatable bonds is 6. The van der Waals surface area contributed by atoms with Gasteiger partial charge in [0.1, 0.15) is 5.76 Å². The van der Waals surface area contributed by atoms with Crippen molar-refractivity contribution >= 4 is 6.08 Å². The van der Waals surface area contributed by atoms with E-state index in [1.807, 2.05) is 18.2 Å². The number of nitrogens with zero attached hydrogens (tertiary/aromatic N) is 3. The van der Waals surface area contributed by atoms with Crippen LogP contribution in [0.1, 0.15) is 49.1 Å². The predicted molar refractivity (Wildman–Crippen MR) is 86.9 cm³/mol. The standard InChI is InChI=1S/C18H23N3O2/c1(3-16-4-2-12-22-16)9-21-10-7-14(8-11-21)13-17-19-18(23-20-17)15-5-6-15/h1-4,12,14-15H,5-11,13H2. The summed E-state index contributed by atoms with van der Waals surface area (Å²) < 4.78 is 10.7. The highest BCUT2D eigenvalue weighted by atomic mass is 16.5. The third-order valence-corrected chi connectivity index (χ3v) is 4.78. The van der Waals surface area contributed by atoms with Crippen LogP contribution in [0.25, 0.3) is 6.08 Å². The van der Waals surface area contributed by atoms with Crippen molar-refractivity contribution in [3.05, 3.63) is 41.9 Å². The van der Waals surface area contributed by atoms with Crippen LogP contribution in [0.15, 0.2) is 33.4 Å². The van der Waals surface area contributed by atoms with Crippen LogP contribution in [0.5, 0.6) is 0 Å². The maximum Gasteiger partial charge on any atom is 0.229 e. The summed E-state index contributed by atoms with van der Waals surface area (Å²) in [6, 6.07) is 3.89. The summed E-state index contributed by atoms with van der Waals surface area (Å²) in [5.74, 6) is 3.93. The molecule has 0 spiro atoms. The SMILES string of the molecule is C(=Cc1ccco1)CN1CCC(Cc2noc(C3CC3)n2)CC1. The second-order valence-corrected chi connectivity index (χ2v) is 6.69. The smallest absolute Gasteiger partial charge is 0.229 e. The van der Waals surface area contributed by atoms with Crippen LogP contribution in [0.2, 0.25) is 0 Å². The predicted octanol–water partition coefficient (Wildman–Crippen LogP) is 3.51. The third-order valence-electron chi connectivity index (χ3n) is 4.78. The second-order valence-electron chi connectivity index (χ2n) is 6.69. The first kappa shape index (κ1) is 14.7. The first-order valence-electron chi connectivity index (χ1n) is 8.62. The van der Waals surface area contributed by atoms with Crippen LogP contribution in [0.3, 0.4) is 0 Å². The lowest BCUT2D eigenvalue weighted by Gasteiger charge is -2.30. The first-order chi connectivity index (χ1) is 11.4. The topological polar surface area (TPSA) is 55.3 Å². The minimum absolute atomic E-state index is 0.555. The lowest BCUT2D eigenvalue weighted by Crippen LogP contribution is -2.34. The molecule has 2 aromatic rings. The van der Waals surface area contributed by atoms with E-state index in [4.69, 9.17) is 8.94 Å². The zero-order valence-corrected chi connectivity index (χ0v) is 13.4. The van der Waals surface area contributed by atoms with E-state index < -0.39 is 0 Å². The molecule has 5 nitrogen and oxygen atoms in total. The molecule has 1 aliphatic heterocycles. The summed E-state index contributed by atoms with van der Waals surface area (Å²) in [5, 5.41) is 4.15. The molecule has 0 N–H and O–H groups in total. The van der Waals surface area contributed by atoms with Gasteiger partial charge < -0.3 is 8.94 Å². The highest BCUT2D eigenvalue weighted by molar-refractivity contribution is 5.42. The van der Waals surface area contributed by atoms with E-state index >= 15 is 0 Å². The van der Waals surface area contributed by atoms with Crippen molar-refractivity contribution in [2.24, 2.45) is 5.92 Å². The van der Waals surface area contributed by atoms with Gasteiger partial charge in [0.05, 0.1) is 6.26 Å². The normalized spacial score (nSPS) is 20.5. The Morgan fingerprint density at radius 2 is 2.09 bits per heavy atom. The van der Waals surface area contributed by atoms with E-state index in [0.717, 1.165) is 43.5 Å². The van der Waals surface area contributed by atoms with Crippen LogP contribution in [0.4, 0.5) is 0 Å². The Hall–Kier alpha value is -1.88. The zero-order chi connectivity index (χ0) is 15.5. The van der Waals surface area contributed by atoms with Crippen molar-refractivity contribution < 1.29 is 8.94 Å². The molecule has 0 amide bonds. The Morgan fingerprint density at radius 1 is 1.22 bits per heavy atom. The van der Waals surface area contributed by atoms with Gasteiger partial charge in [-0.15, -0.1) is 0 Å². The maximum atomic E-state index is 5.35. The Labute approximate surface area is 136 Å². The average molecular weight is 313 g/mol. The van der Waals surface area contributed by atoms with Gasteiger partial charge in [-0.2, -0.15) is 4.98 Å². The number of piperidine rings is 1. The van der Waals surface area contributed by atoms with Crippen molar-refractivity contribution in [1.82, 2.24) is 15.0 Å². The molecule has 0 aromatic carbocycles.